The number of pyridine rings is 1. The van der Waals surface area contributed by atoms with Crippen LogP contribution in [0.1, 0.15) is 25.5 Å². The summed E-state index contributed by atoms with van der Waals surface area (Å²) in [6, 6.07) is 6.67. The smallest absolute Gasteiger partial charge is 0.133 e. The summed E-state index contributed by atoms with van der Waals surface area (Å²) in [5.41, 5.74) is 2.25. The van der Waals surface area contributed by atoms with Crippen LogP contribution in [-0.4, -0.2) is 11.0 Å². The molecule has 0 amide bonds. The molecule has 2 heterocycles. The van der Waals surface area contributed by atoms with Gasteiger partial charge in [0.25, 0.3) is 0 Å². The third kappa shape index (κ3) is 1.52. The molecular formula is C12H16N2. The number of nitrogens with zero attached hydrogens (tertiary/aromatic N) is 2. The van der Waals surface area contributed by atoms with Crippen molar-refractivity contribution >= 4 is 5.82 Å². The Labute approximate surface area is 85.3 Å². The number of hydrogen-bond acceptors (Lipinski definition) is 2. The van der Waals surface area contributed by atoms with Crippen molar-refractivity contribution in [2.24, 2.45) is 0 Å². The lowest BCUT2D eigenvalue weighted by molar-refractivity contribution is 0.731. The van der Waals surface area contributed by atoms with Gasteiger partial charge in [0.05, 0.1) is 0 Å². The lowest BCUT2D eigenvalue weighted by atomic mass is 10.2. The zero-order valence-electron chi connectivity index (χ0n) is 8.83. The third-order valence-electron chi connectivity index (χ3n) is 2.75. The summed E-state index contributed by atoms with van der Waals surface area (Å²) in [6.45, 7) is 8.32. The Morgan fingerprint density at radius 2 is 2.29 bits per heavy atom. The van der Waals surface area contributed by atoms with Gasteiger partial charge in [0, 0.05) is 17.4 Å². The summed E-state index contributed by atoms with van der Waals surface area (Å²) in [6.07, 6.45) is 2.28. The van der Waals surface area contributed by atoms with Crippen LogP contribution >= 0.6 is 0 Å². The monoisotopic (exact) mass is 188 g/mol. The molecule has 0 aromatic carbocycles. The van der Waals surface area contributed by atoms with Crippen molar-refractivity contribution in [2.75, 3.05) is 4.90 Å². The summed E-state index contributed by atoms with van der Waals surface area (Å²) in [5.74, 6) is 1.04. The first-order valence-electron chi connectivity index (χ1n) is 5.09. The van der Waals surface area contributed by atoms with Crippen molar-refractivity contribution in [1.29, 1.82) is 0 Å². The Morgan fingerprint density at radius 1 is 1.50 bits per heavy atom. The quantitative estimate of drug-likeness (QED) is 0.673. The molecule has 0 aliphatic carbocycles. The highest BCUT2D eigenvalue weighted by molar-refractivity contribution is 5.48. The van der Waals surface area contributed by atoms with E-state index in [1.807, 2.05) is 13.0 Å². The molecule has 1 atom stereocenters. The highest BCUT2D eigenvalue weighted by Crippen LogP contribution is 2.30. The lowest BCUT2D eigenvalue weighted by Gasteiger charge is -2.23. The summed E-state index contributed by atoms with van der Waals surface area (Å²) in [7, 11) is 0. The topological polar surface area (TPSA) is 16.1 Å². The van der Waals surface area contributed by atoms with E-state index in [0.717, 1.165) is 17.9 Å². The number of aryl methyl sites for hydroxylation is 1. The minimum absolute atomic E-state index is 0.539. The first kappa shape index (κ1) is 9.25. The van der Waals surface area contributed by atoms with Crippen LogP contribution in [0.3, 0.4) is 0 Å². The Kier molecular flexibility index (Phi) is 2.28. The van der Waals surface area contributed by atoms with Gasteiger partial charge in [-0.05, 0) is 38.8 Å². The van der Waals surface area contributed by atoms with Crippen LogP contribution in [0, 0.1) is 6.92 Å². The fourth-order valence-corrected chi connectivity index (χ4v) is 1.99. The van der Waals surface area contributed by atoms with Crippen LogP contribution in [0.25, 0.3) is 0 Å². The molecule has 2 heteroatoms. The molecule has 1 fully saturated rings. The molecule has 1 aromatic heterocycles. The van der Waals surface area contributed by atoms with E-state index >= 15 is 0 Å². The van der Waals surface area contributed by atoms with Gasteiger partial charge in [0.1, 0.15) is 5.82 Å². The summed E-state index contributed by atoms with van der Waals surface area (Å²) < 4.78 is 0. The van der Waals surface area contributed by atoms with Crippen LogP contribution in [0.2, 0.25) is 0 Å². The van der Waals surface area contributed by atoms with E-state index in [9.17, 15) is 0 Å². The molecule has 1 aliphatic heterocycles. The van der Waals surface area contributed by atoms with Gasteiger partial charge < -0.3 is 4.90 Å². The highest BCUT2D eigenvalue weighted by Gasteiger charge is 2.24. The standard InChI is InChI=1S/C12H16N2/c1-9-5-4-6-12(13-9)14-10(2)7-8-11(14)3/h4-6,11H,2,7-8H2,1,3H3. The van der Waals surface area contributed by atoms with Crippen molar-refractivity contribution in [1.82, 2.24) is 4.98 Å². The van der Waals surface area contributed by atoms with Gasteiger partial charge in [-0.25, -0.2) is 4.98 Å². The lowest BCUT2D eigenvalue weighted by Crippen LogP contribution is -2.25. The van der Waals surface area contributed by atoms with Gasteiger partial charge in [-0.1, -0.05) is 12.6 Å². The molecule has 1 aromatic rings. The first-order valence-corrected chi connectivity index (χ1v) is 5.09. The van der Waals surface area contributed by atoms with E-state index in [1.165, 1.54) is 12.1 Å². The van der Waals surface area contributed by atoms with Gasteiger partial charge in [0.2, 0.25) is 0 Å². The van der Waals surface area contributed by atoms with Crippen LogP contribution in [0.15, 0.2) is 30.5 Å². The van der Waals surface area contributed by atoms with E-state index in [4.69, 9.17) is 0 Å². The minimum Gasteiger partial charge on any atom is -0.328 e. The van der Waals surface area contributed by atoms with Crippen molar-refractivity contribution in [2.45, 2.75) is 32.7 Å². The molecule has 1 saturated heterocycles. The Morgan fingerprint density at radius 3 is 2.86 bits per heavy atom. The number of hydrogen-bond donors (Lipinski definition) is 0. The van der Waals surface area contributed by atoms with E-state index in [1.54, 1.807) is 0 Å². The van der Waals surface area contributed by atoms with E-state index < -0.39 is 0 Å². The predicted molar refractivity (Wildman–Crippen MR) is 59.3 cm³/mol. The van der Waals surface area contributed by atoms with Crippen molar-refractivity contribution in [3.63, 3.8) is 0 Å². The molecule has 0 N–H and O–H groups in total. The molecule has 0 saturated carbocycles. The SMILES string of the molecule is C=C1CCC(C)N1c1cccc(C)n1. The molecule has 1 aliphatic rings. The highest BCUT2D eigenvalue weighted by atomic mass is 15.2. The zero-order valence-corrected chi connectivity index (χ0v) is 8.83. The fraction of sp³-hybridized carbons (Fsp3) is 0.417. The zero-order chi connectivity index (χ0) is 10.1. The summed E-state index contributed by atoms with van der Waals surface area (Å²) in [5, 5.41) is 0. The largest absolute Gasteiger partial charge is 0.328 e. The molecule has 2 rings (SSSR count). The van der Waals surface area contributed by atoms with Gasteiger partial charge in [-0.2, -0.15) is 0 Å². The Hall–Kier alpha value is -1.31. The average molecular weight is 188 g/mol. The minimum atomic E-state index is 0.539. The predicted octanol–water partition coefficient (Wildman–Crippen LogP) is 2.89. The first-order chi connectivity index (χ1) is 6.68. The van der Waals surface area contributed by atoms with Gasteiger partial charge in [-0.3, -0.25) is 0 Å². The van der Waals surface area contributed by atoms with Gasteiger partial charge >= 0.3 is 0 Å². The van der Waals surface area contributed by atoms with E-state index in [0.29, 0.717) is 6.04 Å². The second kappa shape index (κ2) is 3.45. The Bertz CT molecular complexity index is 357. The summed E-state index contributed by atoms with van der Waals surface area (Å²) >= 11 is 0. The molecule has 14 heavy (non-hydrogen) atoms. The van der Waals surface area contributed by atoms with Crippen LogP contribution < -0.4 is 4.90 Å². The number of aromatic nitrogens is 1. The second-order valence-electron chi connectivity index (χ2n) is 3.96. The maximum absolute atomic E-state index is 4.52. The van der Waals surface area contributed by atoms with Crippen molar-refractivity contribution < 1.29 is 0 Å². The number of rotatable bonds is 1. The summed E-state index contributed by atoms with van der Waals surface area (Å²) in [4.78, 5) is 6.76. The molecule has 0 radical (unpaired) electrons. The van der Waals surface area contributed by atoms with Gasteiger partial charge in [0.15, 0.2) is 0 Å². The van der Waals surface area contributed by atoms with Crippen LogP contribution in [0.5, 0.6) is 0 Å². The Balaban J connectivity index is 2.34. The average Bonchev–Trinajstić information content (AvgIpc) is 2.46. The number of allylic oxidation sites excluding steroid dienone is 1. The third-order valence-corrected chi connectivity index (χ3v) is 2.75. The molecule has 74 valence electrons. The second-order valence-corrected chi connectivity index (χ2v) is 3.96. The van der Waals surface area contributed by atoms with Crippen LogP contribution in [0.4, 0.5) is 5.82 Å². The maximum atomic E-state index is 4.52. The maximum Gasteiger partial charge on any atom is 0.133 e. The number of anilines is 1. The van der Waals surface area contributed by atoms with Gasteiger partial charge in [-0.15, -0.1) is 0 Å². The van der Waals surface area contributed by atoms with E-state index in [2.05, 4.69) is 35.5 Å². The molecule has 0 spiro atoms. The molecular weight excluding hydrogens is 172 g/mol. The van der Waals surface area contributed by atoms with Crippen LogP contribution in [-0.2, 0) is 0 Å². The molecule has 2 nitrogen and oxygen atoms in total. The fourth-order valence-electron chi connectivity index (χ4n) is 1.99. The van der Waals surface area contributed by atoms with E-state index in [-0.39, 0.29) is 0 Å². The van der Waals surface area contributed by atoms with Crippen molar-refractivity contribution in [3.8, 4) is 0 Å². The molecule has 1 unspecified atom stereocenters. The molecule has 0 bridgehead atoms. The van der Waals surface area contributed by atoms with Crippen molar-refractivity contribution in [3.05, 3.63) is 36.2 Å². The normalized spacial score (nSPS) is 21.7.